The molecule has 1 N–H and O–H groups in total. The van der Waals surface area contributed by atoms with Crippen molar-refractivity contribution < 1.29 is 14.2 Å². The molecule has 1 aliphatic rings. The molecular weight excluding hydrogens is 310 g/mol. The second-order valence-electron chi connectivity index (χ2n) is 4.66. The smallest absolute Gasteiger partial charge is 0.231 e. The van der Waals surface area contributed by atoms with Crippen LogP contribution in [0.4, 0.5) is 0 Å². The number of benzene rings is 1. The molecule has 0 bridgehead atoms. The topological polar surface area (TPSA) is 39.7 Å². The fourth-order valence-electron chi connectivity index (χ4n) is 2.22. The van der Waals surface area contributed by atoms with E-state index in [9.17, 15) is 0 Å². The summed E-state index contributed by atoms with van der Waals surface area (Å²) in [5.74, 6) is 2.15. The minimum absolute atomic E-state index is 0.252. The molecule has 21 heavy (non-hydrogen) atoms. The third-order valence-corrected chi connectivity index (χ3v) is 4.52. The highest BCUT2D eigenvalue weighted by atomic mass is 35.5. The zero-order valence-electron chi connectivity index (χ0n) is 11.6. The lowest BCUT2D eigenvalue weighted by molar-refractivity contribution is 0.171. The Balaban J connectivity index is 1.56. The Morgan fingerprint density at radius 2 is 2.24 bits per heavy atom. The van der Waals surface area contributed by atoms with Crippen LogP contribution in [0.3, 0.4) is 0 Å². The van der Waals surface area contributed by atoms with Gasteiger partial charge in [0.2, 0.25) is 12.5 Å². The SMILES string of the molecule is COc1cc(CNCCc2ccc(Cl)s2)cc2c1OCO2. The van der Waals surface area contributed by atoms with Crippen molar-refractivity contribution in [1.29, 1.82) is 0 Å². The van der Waals surface area contributed by atoms with Crippen LogP contribution in [0, 0.1) is 0 Å². The number of hydrogen-bond donors (Lipinski definition) is 1. The number of thiophene rings is 1. The number of halogens is 1. The summed E-state index contributed by atoms with van der Waals surface area (Å²) in [5.41, 5.74) is 1.11. The number of nitrogens with one attached hydrogen (secondary N) is 1. The van der Waals surface area contributed by atoms with E-state index in [4.69, 9.17) is 25.8 Å². The standard InChI is InChI=1S/C15H16ClNO3S/c1-18-12-6-10(7-13-15(12)20-9-19-13)8-17-5-4-11-2-3-14(16)21-11/h2-3,6-7,17H,4-5,8-9H2,1H3. The maximum atomic E-state index is 5.92. The van der Waals surface area contributed by atoms with E-state index in [0.717, 1.165) is 35.2 Å². The van der Waals surface area contributed by atoms with Crippen molar-refractivity contribution in [1.82, 2.24) is 5.32 Å². The lowest BCUT2D eigenvalue weighted by atomic mass is 10.2. The molecule has 1 aliphatic heterocycles. The van der Waals surface area contributed by atoms with E-state index >= 15 is 0 Å². The number of methoxy groups -OCH3 is 1. The molecule has 0 aliphatic carbocycles. The van der Waals surface area contributed by atoms with E-state index in [1.54, 1.807) is 18.4 Å². The van der Waals surface area contributed by atoms with Crippen molar-refractivity contribution in [3.8, 4) is 17.2 Å². The van der Waals surface area contributed by atoms with Crippen LogP contribution >= 0.6 is 22.9 Å². The highest BCUT2D eigenvalue weighted by molar-refractivity contribution is 7.16. The van der Waals surface area contributed by atoms with Gasteiger partial charge in [-0.3, -0.25) is 0 Å². The Morgan fingerprint density at radius 3 is 3.00 bits per heavy atom. The van der Waals surface area contributed by atoms with Gasteiger partial charge in [-0.05, 0) is 36.2 Å². The van der Waals surface area contributed by atoms with Crippen LogP contribution in [0.1, 0.15) is 10.4 Å². The molecule has 0 fully saturated rings. The zero-order valence-corrected chi connectivity index (χ0v) is 13.2. The largest absolute Gasteiger partial charge is 0.493 e. The molecule has 2 heterocycles. The molecule has 3 rings (SSSR count). The van der Waals surface area contributed by atoms with Gasteiger partial charge in [0.15, 0.2) is 11.5 Å². The first-order valence-corrected chi connectivity index (χ1v) is 7.87. The van der Waals surface area contributed by atoms with Crippen LogP contribution in [-0.4, -0.2) is 20.4 Å². The van der Waals surface area contributed by atoms with Crippen molar-refractivity contribution in [3.05, 3.63) is 39.0 Å². The van der Waals surface area contributed by atoms with Crippen LogP contribution in [0.25, 0.3) is 0 Å². The molecule has 1 aromatic carbocycles. The van der Waals surface area contributed by atoms with Gasteiger partial charge in [0.25, 0.3) is 0 Å². The molecular formula is C15H16ClNO3S. The van der Waals surface area contributed by atoms with Gasteiger partial charge in [-0.15, -0.1) is 11.3 Å². The maximum absolute atomic E-state index is 5.92. The van der Waals surface area contributed by atoms with E-state index in [2.05, 4.69) is 11.4 Å². The monoisotopic (exact) mass is 325 g/mol. The van der Waals surface area contributed by atoms with Crippen LogP contribution in [0.15, 0.2) is 24.3 Å². The maximum Gasteiger partial charge on any atom is 0.231 e. The lowest BCUT2D eigenvalue weighted by Crippen LogP contribution is -2.16. The average Bonchev–Trinajstić information content (AvgIpc) is 3.11. The summed E-state index contributed by atoms with van der Waals surface area (Å²) in [6.07, 6.45) is 0.971. The van der Waals surface area contributed by atoms with E-state index in [1.165, 1.54) is 4.88 Å². The van der Waals surface area contributed by atoms with Crippen LogP contribution < -0.4 is 19.5 Å². The van der Waals surface area contributed by atoms with Gasteiger partial charge in [-0.1, -0.05) is 11.6 Å². The molecule has 0 saturated heterocycles. The molecule has 2 aromatic rings. The summed E-state index contributed by atoms with van der Waals surface area (Å²) in [7, 11) is 1.63. The zero-order chi connectivity index (χ0) is 14.7. The number of fused-ring (bicyclic) bond motifs is 1. The Hall–Kier alpha value is -1.43. The van der Waals surface area contributed by atoms with Gasteiger partial charge in [0.1, 0.15) is 0 Å². The van der Waals surface area contributed by atoms with E-state index in [0.29, 0.717) is 11.5 Å². The molecule has 6 heteroatoms. The van der Waals surface area contributed by atoms with Crippen molar-refractivity contribution in [2.24, 2.45) is 0 Å². The quantitative estimate of drug-likeness (QED) is 0.826. The second-order valence-corrected chi connectivity index (χ2v) is 6.46. The molecule has 0 radical (unpaired) electrons. The van der Waals surface area contributed by atoms with Crippen molar-refractivity contribution in [2.75, 3.05) is 20.4 Å². The van der Waals surface area contributed by atoms with Gasteiger partial charge < -0.3 is 19.5 Å². The Labute approximate surface area is 132 Å². The normalized spacial score (nSPS) is 12.7. The Morgan fingerprint density at radius 1 is 1.33 bits per heavy atom. The first-order valence-electron chi connectivity index (χ1n) is 6.67. The lowest BCUT2D eigenvalue weighted by Gasteiger charge is -2.09. The van der Waals surface area contributed by atoms with Crippen LogP contribution in [0.2, 0.25) is 4.34 Å². The number of ether oxygens (including phenoxy) is 3. The summed E-state index contributed by atoms with van der Waals surface area (Å²) >= 11 is 7.54. The highest BCUT2D eigenvalue weighted by Gasteiger charge is 2.19. The first-order chi connectivity index (χ1) is 10.3. The van der Waals surface area contributed by atoms with Crippen LogP contribution in [-0.2, 0) is 13.0 Å². The van der Waals surface area contributed by atoms with Gasteiger partial charge in [-0.25, -0.2) is 0 Å². The van der Waals surface area contributed by atoms with Gasteiger partial charge in [0, 0.05) is 18.0 Å². The van der Waals surface area contributed by atoms with Gasteiger partial charge >= 0.3 is 0 Å². The molecule has 0 saturated carbocycles. The Kier molecular flexibility index (Phi) is 4.53. The first kappa shape index (κ1) is 14.5. The van der Waals surface area contributed by atoms with Crippen molar-refractivity contribution in [2.45, 2.75) is 13.0 Å². The van der Waals surface area contributed by atoms with Crippen LogP contribution in [0.5, 0.6) is 17.2 Å². The van der Waals surface area contributed by atoms with E-state index < -0.39 is 0 Å². The molecule has 0 amide bonds. The summed E-state index contributed by atoms with van der Waals surface area (Å²) < 4.78 is 17.0. The third kappa shape index (κ3) is 3.43. The summed E-state index contributed by atoms with van der Waals surface area (Å²) in [4.78, 5) is 1.29. The second kappa shape index (κ2) is 6.56. The summed E-state index contributed by atoms with van der Waals surface area (Å²) in [6, 6.07) is 7.96. The minimum atomic E-state index is 0.252. The third-order valence-electron chi connectivity index (χ3n) is 3.22. The van der Waals surface area contributed by atoms with Gasteiger partial charge in [-0.2, -0.15) is 0 Å². The minimum Gasteiger partial charge on any atom is -0.493 e. The van der Waals surface area contributed by atoms with Crippen molar-refractivity contribution >= 4 is 22.9 Å². The molecule has 0 atom stereocenters. The Bertz CT molecular complexity index is 629. The molecule has 112 valence electrons. The summed E-state index contributed by atoms with van der Waals surface area (Å²) in [5, 5.41) is 3.41. The molecule has 4 nitrogen and oxygen atoms in total. The van der Waals surface area contributed by atoms with Crippen molar-refractivity contribution in [3.63, 3.8) is 0 Å². The number of rotatable bonds is 6. The fraction of sp³-hybridized carbons (Fsp3) is 0.333. The molecule has 1 aromatic heterocycles. The number of hydrogen-bond acceptors (Lipinski definition) is 5. The fourth-order valence-corrected chi connectivity index (χ4v) is 3.30. The van der Waals surface area contributed by atoms with Gasteiger partial charge in [0.05, 0.1) is 11.4 Å². The molecule has 0 spiro atoms. The van der Waals surface area contributed by atoms with E-state index in [1.807, 2.05) is 18.2 Å². The highest BCUT2D eigenvalue weighted by Crippen LogP contribution is 2.41. The molecule has 0 unspecified atom stereocenters. The van der Waals surface area contributed by atoms with E-state index in [-0.39, 0.29) is 6.79 Å². The summed E-state index contributed by atoms with van der Waals surface area (Å²) in [6.45, 7) is 1.90. The predicted octanol–water partition coefficient (Wildman–Crippen LogP) is 3.47. The average molecular weight is 326 g/mol. The predicted molar refractivity (Wildman–Crippen MR) is 83.9 cm³/mol.